The number of hydrogen-bond acceptors (Lipinski definition) is 4. The molecule has 3 N–H and O–H groups in total. The summed E-state index contributed by atoms with van der Waals surface area (Å²) in [6, 6.07) is 21.1. The molecule has 2 amide bonds. The van der Waals surface area contributed by atoms with Crippen LogP contribution in [0.2, 0.25) is 0 Å². The highest BCUT2D eigenvalue weighted by Gasteiger charge is 2.24. The van der Waals surface area contributed by atoms with E-state index in [2.05, 4.69) is 15.6 Å². The second-order valence-corrected chi connectivity index (χ2v) is 9.29. The van der Waals surface area contributed by atoms with Crippen molar-refractivity contribution in [2.75, 3.05) is 11.9 Å². The quantitative estimate of drug-likeness (QED) is 0.383. The number of nitrogens with one attached hydrogen (secondary N) is 2. The van der Waals surface area contributed by atoms with Crippen molar-refractivity contribution < 1.29 is 19.5 Å². The monoisotopic (exact) mass is 485 g/mol. The normalized spacial score (nSPS) is 17.2. The van der Waals surface area contributed by atoms with Crippen molar-refractivity contribution >= 4 is 23.5 Å². The molecule has 1 fully saturated rings. The van der Waals surface area contributed by atoms with E-state index < -0.39 is 5.97 Å². The van der Waals surface area contributed by atoms with E-state index in [0.29, 0.717) is 11.5 Å². The predicted molar refractivity (Wildman–Crippen MR) is 139 cm³/mol. The number of aliphatic carboxylic acids is 1. The molecular weight excluding hydrogens is 454 g/mol. The minimum atomic E-state index is -0.715. The van der Waals surface area contributed by atoms with Gasteiger partial charge in [0, 0.05) is 36.8 Å². The molecule has 2 aromatic carbocycles. The Morgan fingerprint density at radius 1 is 0.889 bits per heavy atom. The number of carbonyl (C=O) groups is 3. The SMILES string of the molecule is O=C(O)C[C@H]1CC[C@H](c2ccc(NC(=O)CCNC(=O)c3ccc(-c4ccccc4)nc3)cc2)CC1. The lowest BCUT2D eigenvalue weighted by Gasteiger charge is -2.28. The van der Waals surface area contributed by atoms with E-state index >= 15 is 0 Å². The summed E-state index contributed by atoms with van der Waals surface area (Å²) in [6.45, 7) is 0.225. The maximum absolute atomic E-state index is 12.4. The summed E-state index contributed by atoms with van der Waals surface area (Å²) < 4.78 is 0. The van der Waals surface area contributed by atoms with Crippen LogP contribution < -0.4 is 10.6 Å². The van der Waals surface area contributed by atoms with Crippen molar-refractivity contribution in [3.63, 3.8) is 0 Å². The number of nitrogens with zero attached hydrogens (tertiary/aromatic N) is 1. The second-order valence-electron chi connectivity index (χ2n) is 9.29. The lowest BCUT2D eigenvalue weighted by Crippen LogP contribution is -2.27. The molecule has 0 spiro atoms. The number of hydrogen-bond donors (Lipinski definition) is 3. The van der Waals surface area contributed by atoms with E-state index in [1.807, 2.05) is 60.7 Å². The summed E-state index contributed by atoms with van der Waals surface area (Å²) in [5, 5.41) is 14.6. The Labute approximate surface area is 211 Å². The molecule has 0 aliphatic heterocycles. The highest BCUT2D eigenvalue weighted by atomic mass is 16.4. The molecular formula is C29H31N3O4. The molecule has 0 radical (unpaired) electrons. The van der Waals surface area contributed by atoms with Gasteiger partial charge in [-0.05, 0) is 67.3 Å². The van der Waals surface area contributed by atoms with Gasteiger partial charge < -0.3 is 15.7 Å². The molecule has 36 heavy (non-hydrogen) atoms. The zero-order valence-electron chi connectivity index (χ0n) is 20.2. The number of amides is 2. The first-order valence-corrected chi connectivity index (χ1v) is 12.4. The van der Waals surface area contributed by atoms with Crippen LogP contribution in [-0.4, -0.2) is 34.4 Å². The third-order valence-corrected chi connectivity index (χ3v) is 6.71. The summed E-state index contributed by atoms with van der Waals surface area (Å²) >= 11 is 0. The number of aromatic nitrogens is 1. The second kappa shape index (κ2) is 12.1. The van der Waals surface area contributed by atoms with Crippen LogP contribution in [0.1, 0.15) is 60.4 Å². The van der Waals surface area contributed by atoms with Crippen LogP contribution in [0.25, 0.3) is 11.3 Å². The van der Waals surface area contributed by atoms with Crippen molar-refractivity contribution in [3.05, 3.63) is 84.1 Å². The van der Waals surface area contributed by atoms with Gasteiger partial charge in [0.05, 0.1) is 11.3 Å². The maximum atomic E-state index is 12.4. The zero-order valence-corrected chi connectivity index (χ0v) is 20.2. The molecule has 7 nitrogen and oxygen atoms in total. The van der Waals surface area contributed by atoms with Crippen LogP contribution in [0.3, 0.4) is 0 Å². The molecule has 0 unspecified atom stereocenters. The van der Waals surface area contributed by atoms with E-state index in [1.165, 1.54) is 11.8 Å². The van der Waals surface area contributed by atoms with Gasteiger partial charge in [0.25, 0.3) is 5.91 Å². The van der Waals surface area contributed by atoms with Crippen molar-refractivity contribution in [1.82, 2.24) is 10.3 Å². The van der Waals surface area contributed by atoms with Gasteiger partial charge in [-0.15, -0.1) is 0 Å². The molecule has 0 saturated heterocycles. The molecule has 4 rings (SSSR count). The molecule has 3 aromatic rings. The summed E-state index contributed by atoms with van der Waals surface area (Å²) in [4.78, 5) is 40.0. The Bertz CT molecular complexity index is 1170. The molecule has 1 heterocycles. The van der Waals surface area contributed by atoms with Gasteiger partial charge in [0.15, 0.2) is 0 Å². The minimum absolute atomic E-state index is 0.163. The van der Waals surface area contributed by atoms with Crippen LogP contribution in [0.15, 0.2) is 72.9 Å². The van der Waals surface area contributed by atoms with Crippen LogP contribution in [0, 0.1) is 5.92 Å². The molecule has 186 valence electrons. The van der Waals surface area contributed by atoms with Gasteiger partial charge in [-0.3, -0.25) is 19.4 Å². The number of carbonyl (C=O) groups excluding carboxylic acids is 2. The fraction of sp³-hybridized carbons (Fsp3) is 0.310. The molecule has 1 aliphatic carbocycles. The van der Waals surface area contributed by atoms with Crippen LogP contribution in [0.4, 0.5) is 5.69 Å². The fourth-order valence-corrected chi connectivity index (χ4v) is 4.71. The summed E-state index contributed by atoms with van der Waals surface area (Å²) in [5.74, 6) is -0.436. The van der Waals surface area contributed by atoms with E-state index in [0.717, 1.165) is 42.6 Å². The lowest BCUT2D eigenvalue weighted by atomic mass is 9.77. The van der Waals surface area contributed by atoms with Gasteiger partial charge in [-0.2, -0.15) is 0 Å². The van der Waals surface area contributed by atoms with E-state index in [-0.39, 0.29) is 37.1 Å². The molecule has 0 bridgehead atoms. The van der Waals surface area contributed by atoms with Crippen LogP contribution in [-0.2, 0) is 9.59 Å². The minimum Gasteiger partial charge on any atom is -0.481 e. The Kier molecular flexibility index (Phi) is 8.44. The van der Waals surface area contributed by atoms with Crippen molar-refractivity contribution in [2.24, 2.45) is 5.92 Å². The highest BCUT2D eigenvalue weighted by Crippen LogP contribution is 2.37. The van der Waals surface area contributed by atoms with E-state index in [1.54, 1.807) is 6.07 Å². The van der Waals surface area contributed by atoms with Crippen LogP contribution in [0.5, 0.6) is 0 Å². The summed E-state index contributed by atoms with van der Waals surface area (Å²) in [6.07, 6.45) is 5.83. The smallest absolute Gasteiger partial charge is 0.303 e. The van der Waals surface area contributed by atoms with Gasteiger partial charge in [-0.1, -0.05) is 42.5 Å². The number of pyridine rings is 1. The van der Waals surface area contributed by atoms with E-state index in [9.17, 15) is 14.4 Å². The van der Waals surface area contributed by atoms with E-state index in [4.69, 9.17) is 5.11 Å². The van der Waals surface area contributed by atoms with Gasteiger partial charge in [0.2, 0.25) is 5.91 Å². The topological polar surface area (TPSA) is 108 Å². The third kappa shape index (κ3) is 7.01. The number of anilines is 1. The zero-order chi connectivity index (χ0) is 25.3. The van der Waals surface area contributed by atoms with Crippen molar-refractivity contribution in [2.45, 2.75) is 44.4 Å². The van der Waals surface area contributed by atoms with Gasteiger partial charge in [0.1, 0.15) is 0 Å². The lowest BCUT2D eigenvalue weighted by molar-refractivity contribution is -0.138. The number of benzene rings is 2. The molecule has 0 atom stereocenters. The molecule has 1 aliphatic rings. The van der Waals surface area contributed by atoms with Crippen molar-refractivity contribution in [3.8, 4) is 11.3 Å². The standard InChI is InChI=1S/C29H31N3O4/c33-27(16-17-30-29(36)24-12-15-26(31-19-24)23-4-2-1-3-5-23)32-25-13-10-22(11-14-25)21-8-6-20(7-9-21)18-28(34)35/h1-5,10-15,19-21H,6-9,16-18H2,(H,30,36)(H,32,33)(H,34,35)/t20-,21-. The summed E-state index contributed by atoms with van der Waals surface area (Å²) in [7, 11) is 0. The first kappa shape index (κ1) is 25.1. The van der Waals surface area contributed by atoms with Gasteiger partial charge in [-0.25, -0.2) is 0 Å². The number of rotatable bonds is 9. The predicted octanol–water partition coefficient (Wildman–Crippen LogP) is 5.26. The third-order valence-electron chi connectivity index (χ3n) is 6.71. The highest BCUT2D eigenvalue weighted by molar-refractivity contribution is 5.95. The first-order valence-electron chi connectivity index (χ1n) is 12.4. The fourth-order valence-electron chi connectivity index (χ4n) is 4.71. The Morgan fingerprint density at radius 2 is 1.61 bits per heavy atom. The van der Waals surface area contributed by atoms with Gasteiger partial charge >= 0.3 is 5.97 Å². The van der Waals surface area contributed by atoms with Crippen molar-refractivity contribution in [1.29, 1.82) is 0 Å². The average molecular weight is 486 g/mol. The Hall–Kier alpha value is -4.00. The molecule has 1 saturated carbocycles. The maximum Gasteiger partial charge on any atom is 0.303 e. The van der Waals surface area contributed by atoms with Crippen LogP contribution >= 0.6 is 0 Å². The molecule has 1 aromatic heterocycles. The Morgan fingerprint density at radius 3 is 2.25 bits per heavy atom. The largest absolute Gasteiger partial charge is 0.481 e. The molecule has 7 heteroatoms. The number of carboxylic acid groups (broad SMARTS) is 1. The summed E-state index contributed by atoms with van der Waals surface area (Å²) in [5.41, 5.74) is 4.17. The Balaban J connectivity index is 1.19. The average Bonchev–Trinajstić information content (AvgIpc) is 2.90. The number of carboxylic acids is 1. The first-order chi connectivity index (χ1) is 17.5.